The predicted molar refractivity (Wildman–Crippen MR) is 72.8 cm³/mol. The van der Waals surface area contributed by atoms with Crippen LogP contribution in [-0.4, -0.2) is 10.9 Å². The quantitative estimate of drug-likeness (QED) is 0.892. The maximum absolute atomic E-state index is 12.2. The zero-order valence-corrected chi connectivity index (χ0v) is 10.8. The van der Waals surface area contributed by atoms with Gasteiger partial charge >= 0.3 is 0 Å². The number of rotatable bonds is 2. The first kappa shape index (κ1) is 12.8. The Kier molecular flexibility index (Phi) is 3.58. The standard InChI is InChI=1S/C15H13N3O/c1-10-5-6-12(9-16)8-14(10)18-15(19)13-4-3-7-17-11(13)2/h3-8H,1-2H3,(H,18,19). The number of aryl methyl sites for hydroxylation is 2. The zero-order valence-electron chi connectivity index (χ0n) is 10.8. The molecule has 0 radical (unpaired) electrons. The van der Waals surface area contributed by atoms with Crippen LogP contribution in [0, 0.1) is 25.2 Å². The number of pyridine rings is 1. The van der Waals surface area contributed by atoms with Gasteiger partial charge in [0.1, 0.15) is 0 Å². The summed E-state index contributed by atoms with van der Waals surface area (Å²) >= 11 is 0. The largest absolute Gasteiger partial charge is 0.322 e. The molecule has 0 fully saturated rings. The first-order chi connectivity index (χ1) is 9.11. The first-order valence-corrected chi connectivity index (χ1v) is 5.85. The van der Waals surface area contributed by atoms with Gasteiger partial charge in [0.25, 0.3) is 5.91 Å². The molecule has 1 aromatic heterocycles. The lowest BCUT2D eigenvalue weighted by atomic mass is 10.1. The Morgan fingerprint density at radius 2 is 2.11 bits per heavy atom. The van der Waals surface area contributed by atoms with Crippen molar-refractivity contribution in [1.29, 1.82) is 5.26 Å². The molecule has 1 N–H and O–H groups in total. The van der Waals surface area contributed by atoms with Gasteiger partial charge in [-0.05, 0) is 43.7 Å². The summed E-state index contributed by atoms with van der Waals surface area (Å²) in [6, 6.07) is 10.7. The lowest BCUT2D eigenvalue weighted by Crippen LogP contribution is -2.14. The molecule has 1 heterocycles. The molecule has 0 aliphatic heterocycles. The van der Waals surface area contributed by atoms with E-state index in [1.54, 1.807) is 37.4 Å². The average Bonchev–Trinajstić information content (AvgIpc) is 2.41. The fourth-order valence-corrected chi connectivity index (χ4v) is 1.74. The van der Waals surface area contributed by atoms with Gasteiger partial charge in [0, 0.05) is 17.6 Å². The van der Waals surface area contributed by atoms with Crippen LogP contribution >= 0.6 is 0 Å². The molecule has 0 aliphatic rings. The van der Waals surface area contributed by atoms with Gasteiger partial charge in [-0.2, -0.15) is 5.26 Å². The van der Waals surface area contributed by atoms with Gasteiger partial charge in [-0.25, -0.2) is 0 Å². The van der Waals surface area contributed by atoms with Crippen molar-refractivity contribution in [2.24, 2.45) is 0 Å². The van der Waals surface area contributed by atoms with Crippen LogP contribution in [0.3, 0.4) is 0 Å². The van der Waals surface area contributed by atoms with Crippen molar-refractivity contribution in [1.82, 2.24) is 4.98 Å². The Morgan fingerprint density at radius 1 is 1.32 bits per heavy atom. The van der Waals surface area contributed by atoms with Gasteiger partial charge in [-0.15, -0.1) is 0 Å². The summed E-state index contributed by atoms with van der Waals surface area (Å²) in [5.41, 5.74) is 3.28. The Hall–Kier alpha value is -2.67. The van der Waals surface area contributed by atoms with Crippen molar-refractivity contribution in [3.63, 3.8) is 0 Å². The number of aromatic nitrogens is 1. The van der Waals surface area contributed by atoms with Crippen LogP contribution in [0.15, 0.2) is 36.5 Å². The van der Waals surface area contributed by atoms with E-state index in [9.17, 15) is 4.79 Å². The van der Waals surface area contributed by atoms with E-state index >= 15 is 0 Å². The number of hydrogen-bond donors (Lipinski definition) is 1. The molecule has 2 aromatic rings. The molecule has 4 nitrogen and oxygen atoms in total. The Labute approximate surface area is 111 Å². The summed E-state index contributed by atoms with van der Waals surface area (Å²) < 4.78 is 0. The highest BCUT2D eigenvalue weighted by molar-refractivity contribution is 6.05. The van der Waals surface area contributed by atoms with Crippen LogP contribution in [-0.2, 0) is 0 Å². The van der Waals surface area contributed by atoms with Crippen molar-refractivity contribution < 1.29 is 4.79 Å². The lowest BCUT2D eigenvalue weighted by molar-refractivity contribution is 0.102. The monoisotopic (exact) mass is 251 g/mol. The van der Waals surface area contributed by atoms with Crippen molar-refractivity contribution in [2.75, 3.05) is 5.32 Å². The zero-order chi connectivity index (χ0) is 13.8. The van der Waals surface area contributed by atoms with Gasteiger partial charge < -0.3 is 5.32 Å². The summed E-state index contributed by atoms with van der Waals surface area (Å²) in [7, 11) is 0. The van der Waals surface area contributed by atoms with Crippen LogP contribution in [0.25, 0.3) is 0 Å². The molecule has 4 heteroatoms. The van der Waals surface area contributed by atoms with Gasteiger partial charge in [0.2, 0.25) is 0 Å². The molecule has 1 aromatic carbocycles. The lowest BCUT2D eigenvalue weighted by Gasteiger charge is -2.09. The highest BCUT2D eigenvalue weighted by atomic mass is 16.1. The maximum atomic E-state index is 12.2. The number of hydrogen-bond acceptors (Lipinski definition) is 3. The number of amides is 1. The summed E-state index contributed by atoms with van der Waals surface area (Å²) in [5.74, 6) is -0.219. The topological polar surface area (TPSA) is 65.8 Å². The summed E-state index contributed by atoms with van der Waals surface area (Å²) in [4.78, 5) is 16.2. The number of carbonyl (C=O) groups excluding carboxylic acids is 1. The molecule has 0 spiro atoms. The third kappa shape index (κ3) is 2.78. The number of nitrogens with one attached hydrogen (secondary N) is 1. The predicted octanol–water partition coefficient (Wildman–Crippen LogP) is 2.82. The number of benzene rings is 1. The van der Waals surface area contributed by atoms with Gasteiger partial charge in [0.15, 0.2) is 0 Å². The maximum Gasteiger partial charge on any atom is 0.257 e. The minimum atomic E-state index is -0.219. The fraction of sp³-hybridized carbons (Fsp3) is 0.133. The number of carbonyl (C=O) groups is 1. The van der Waals surface area contributed by atoms with Gasteiger partial charge in [0.05, 0.1) is 17.2 Å². The normalized spacial score (nSPS) is 9.74. The second kappa shape index (κ2) is 5.32. The highest BCUT2D eigenvalue weighted by Gasteiger charge is 2.11. The van der Waals surface area contributed by atoms with Crippen LogP contribution < -0.4 is 5.32 Å². The fourth-order valence-electron chi connectivity index (χ4n) is 1.74. The Bertz CT molecular complexity index is 671. The highest BCUT2D eigenvalue weighted by Crippen LogP contribution is 2.18. The SMILES string of the molecule is Cc1ccc(C#N)cc1NC(=O)c1cccnc1C. The molecule has 0 saturated carbocycles. The Balaban J connectivity index is 2.30. The van der Waals surface area contributed by atoms with E-state index in [2.05, 4.69) is 16.4 Å². The summed E-state index contributed by atoms with van der Waals surface area (Å²) in [6.45, 7) is 3.67. The van der Waals surface area contributed by atoms with Crippen LogP contribution in [0.2, 0.25) is 0 Å². The summed E-state index contributed by atoms with van der Waals surface area (Å²) in [5, 5.41) is 11.7. The molecule has 0 atom stereocenters. The molecular formula is C15H13N3O. The third-order valence-corrected chi connectivity index (χ3v) is 2.87. The molecule has 0 unspecified atom stereocenters. The Morgan fingerprint density at radius 3 is 2.79 bits per heavy atom. The van der Waals surface area contributed by atoms with Crippen molar-refractivity contribution in [3.8, 4) is 6.07 Å². The van der Waals surface area contributed by atoms with E-state index in [-0.39, 0.29) is 5.91 Å². The minimum absolute atomic E-state index is 0.219. The molecule has 0 saturated heterocycles. The third-order valence-electron chi connectivity index (χ3n) is 2.87. The average molecular weight is 251 g/mol. The number of anilines is 1. The van der Waals surface area contributed by atoms with E-state index in [4.69, 9.17) is 5.26 Å². The van der Waals surface area contributed by atoms with E-state index in [1.807, 2.05) is 13.0 Å². The molecule has 19 heavy (non-hydrogen) atoms. The van der Waals surface area contributed by atoms with Gasteiger partial charge in [-0.3, -0.25) is 9.78 Å². The molecule has 1 amide bonds. The second-order valence-electron chi connectivity index (χ2n) is 4.23. The van der Waals surface area contributed by atoms with Crippen molar-refractivity contribution in [3.05, 3.63) is 58.9 Å². The molecule has 0 bridgehead atoms. The first-order valence-electron chi connectivity index (χ1n) is 5.85. The summed E-state index contributed by atoms with van der Waals surface area (Å²) in [6.07, 6.45) is 1.65. The van der Waals surface area contributed by atoms with Crippen LogP contribution in [0.4, 0.5) is 5.69 Å². The van der Waals surface area contributed by atoms with Crippen LogP contribution in [0.1, 0.15) is 27.2 Å². The molecular weight excluding hydrogens is 238 g/mol. The van der Waals surface area contributed by atoms with E-state index in [0.717, 1.165) is 5.56 Å². The second-order valence-corrected chi connectivity index (χ2v) is 4.23. The van der Waals surface area contributed by atoms with E-state index in [1.165, 1.54) is 0 Å². The molecule has 0 aliphatic carbocycles. The van der Waals surface area contributed by atoms with Crippen molar-refractivity contribution in [2.45, 2.75) is 13.8 Å². The van der Waals surface area contributed by atoms with Crippen LogP contribution in [0.5, 0.6) is 0 Å². The minimum Gasteiger partial charge on any atom is -0.322 e. The molecule has 2 rings (SSSR count). The van der Waals surface area contributed by atoms with E-state index in [0.29, 0.717) is 22.5 Å². The van der Waals surface area contributed by atoms with Gasteiger partial charge in [-0.1, -0.05) is 6.07 Å². The van der Waals surface area contributed by atoms with Crippen molar-refractivity contribution >= 4 is 11.6 Å². The number of nitriles is 1. The smallest absolute Gasteiger partial charge is 0.257 e. The van der Waals surface area contributed by atoms with E-state index < -0.39 is 0 Å². The number of nitrogens with zero attached hydrogens (tertiary/aromatic N) is 2. The molecule has 94 valence electrons.